The maximum atomic E-state index is 10.7. The van der Waals surface area contributed by atoms with Crippen molar-refractivity contribution in [3.63, 3.8) is 0 Å². The normalized spacial score (nSPS) is 18.9. The quantitative estimate of drug-likeness (QED) is 0.885. The van der Waals surface area contributed by atoms with E-state index in [1.165, 1.54) is 0 Å². The van der Waals surface area contributed by atoms with Crippen LogP contribution in [0.15, 0.2) is 40.9 Å². The van der Waals surface area contributed by atoms with E-state index in [2.05, 4.69) is 10.1 Å². The van der Waals surface area contributed by atoms with Gasteiger partial charge in [0.05, 0.1) is 6.54 Å². The van der Waals surface area contributed by atoms with E-state index < -0.39 is 5.97 Å². The van der Waals surface area contributed by atoms with E-state index in [4.69, 9.17) is 9.63 Å². The van der Waals surface area contributed by atoms with Crippen LogP contribution in [0.4, 0.5) is 0 Å². The van der Waals surface area contributed by atoms with Gasteiger partial charge < -0.3 is 9.63 Å². The van der Waals surface area contributed by atoms with Crippen LogP contribution in [0.25, 0.3) is 11.3 Å². The Kier molecular flexibility index (Phi) is 5.08. The standard InChI is InChI=1S/C18H22N2O3/c21-18(22)9-8-14-5-4-10-20(12-14)13-16-11-17(19-23-16)15-6-2-1-3-7-15/h1-3,6-7,11,14H,4-5,8-10,12-13H2,(H,21,22). The molecule has 0 amide bonds. The first kappa shape index (κ1) is 15.7. The molecule has 0 spiro atoms. The number of nitrogens with zero attached hydrogens (tertiary/aromatic N) is 2. The Balaban J connectivity index is 1.57. The highest BCUT2D eigenvalue weighted by Crippen LogP contribution is 2.24. The fraction of sp³-hybridized carbons (Fsp3) is 0.444. The molecule has 0 radical (unpaired) electrons. The van der Waals surface area contributed by atoms with E-state index in [0.29, 0.717) is 5.92 Å². The zero-order valence-electron chi connectivity index (χ0n) is 13.1. The minimum atomic E-state index is -0.704. The topological polar surface area (TPSA) is 66.6 Å². The van der Waals surface area contributed by atoms with Crippen LogP contribution in [-0.2, 0) is 11.3 Å². The number of hydrogen-bond donors (Lipinski definition) is 1. The van der Waals surface area contributed by atoms with Crippen LogP contribution in [0.5, 0.6) is 0 Å². The van der Waals surface area contributed by atoms with Gasteiger partial charge in [0, 0.05) is 24.6 Å². The van der Waals surface area contributed by atoms with Crippen molar-refractivity contribution < 1.29 is 14.4 Å². The molecule has 1 atom stereocenters. The number of rotatable bonds is 6. The lowest BCUT2D eigenvalue weighted by Crippen LogP contribution is -2.35. The summed E-state index contributed by atoms with van der Waals surface area (Å²) in [5.74, 6) is 0.629. The Labute approximate surface area is 135 Å². The minimum Gasteiger partial charge on any atom is -0.481 e. The average Bonchev–Trinajstić information content (AvgIpc) is 3.03. The second kappa shape index (κ2) is 7.42. The van der Waals surface area contributed by atoms with Crippen molar-refractivity contribution in [2.24, 2.45) is 5.92 Å². The first-order valence-electron chi connectivity index (χ1n) is 8.16. The van der Waals surface area contributed by atoms with Crippen LogP contribution in [0.1, 0.15) is 31.4 Å². The van der Waals surface area contributed by atoms with E-state index in [1.807, 2.05) is 36.4 Å². The summed E-state index contributed by atoms with van der Waals surface area (Å²) in [6.07, 6.45) is 3.26. The van der Waals surface area contributed by atoms with Gasteiger partial charge in [0.2, 0.25) is 0 Å². The third-order valence-electron chi connectivity index (χ3n) is 4.38. The molecule has 1 saturated heterocycles. The van der Waals surface area contributed by atoms with Crippen LogP contribution in [0, 0.1) is 5.92 Å². The third-order valence-corrected chi connectivity index (χ3v) is 4.38. The summed E-state index contributed by atoms with van der Waals surface area (Å²) in [5, 5.41) is 13.0. The highest BCUT2D eigenvalue weighted by atomic mass is 16.5. The first-order chi connectivity index (χ1) is 11.2. The number of hydrogen-bond acceptors (Lipinski definition) is 4. The largest absolute Gasteiger partial charge is 0.481 e. The number of aromatic nitrogens is 1. The van der Waals surface area contributed by atoms with Crippen LogP contribution in [0.2, 0.25) is 0 Å². The van der Waals surface area contributed by atoms with E-state index in [9.17, 15) is 4.79 Å². The number of carboxylic acids is 1. The third kappa shape index (κ3) is 4.42. The van der Waals surface area contributed by atoms with Crippen LogP contribution in [-0.4, -0.2) is 34.2 Å². The summed E-state index contributed by atoms with van der Waals surface area (Å²) in [6, 6.07) is 12.0. The molecule has 5 nitrogen and oxygen atoms in total. The van der Waals surface area contributed by atoms with Crippen molar-refractivity contribution in [2.75, 3.05) is 13.1 Å². The van der Waals surface area contributed by atoms with Gasteiger partial charge in [-0.25, -0.2) is 0 Å². The molecule has 0 bridgehead atoms. The van der Waals surface area contributed by atoms with Gasteiger partial charge in [-0.1, -0.05) is 35.5 Å². The maximum absolute atomic E-state index is 10.7. The summed E-state index contributed by atoms with van der Waals surface area (Å²) in [4.78, 5) is 13.1. The van der Waals surface area contributed by atoms with Gasteiger partial charge in [-0.15, -0.1) is 0 Å². The number of carboxylic acid groups (broad SMARTS) is 1. The molecule has 1 N–H and O–H groups in total. The number of aliphatic carboxylic acids is 1. The molecule has 2 heterocycles. The summed E-state index contributed by atoms with van der Waals surface area (Å²) < 4.78 is 5.47. The Morgan fingerprint density at radius 3 is 2.96 bits per heavy atom. The zero-order chi connectivity index (χ0) is 16.1. The molecule has 122 valence electrons. The summed E-state index contributed by atoms with van der Waals surface area (Å²) in [7, 11) is 0. The predicted molar refractivity (Wildman–Crippen MR) is 86.8 cm³/mol. The summed E-state index contributed by atoms with van der Waals surface area (Å²) in [5.41, 5.74) is 1.92. The van der Waals surface area contributed by atoms with Gasteiger partial charge in [0.1, 0.15) is 5.69 Å². The lowest BCUT2D eigenvalue weighted by Gasteiger charge is -2.31. The Bertz CT molecular complexity index is 639. The zero-order valence-corrected chi connectivity index (χ0v) is 13.1. The Hall–Kier alpha value is -2.14. The van der Waals surface area contributed by atoms with E-state index in [1.54, 1.807) is 0 Å². The summed E-state index contributed by atoms with van der Waals surface area (Å²) >= 11 is 0. The fourth-order valence-corrected chi connectivity index (χ4v) is 3.21. The molecule has 1 aromatic carbocycles. The van der Waals surface area contributed by atoms with Gasteiger partial charge in [0.15, 0.2) is 5.76 Å². The van der Waals surface area contributed by atoms with Crippen molar-refractivity contribution in [2.45, 2.75) is 32.2 Å². The van der Waals surface area contributed by atoms with E-state index >= 15 is 0 Å². The molecule has 1 fully saturated rings. The minimum absolute atomic E-state index is 0.263. The molecule has 0 aliphatic carbocycles. The number of likely N-dealkylation sites (tertiary alicyclic amines) is 1. The molecular weight excluding hydrogens is 292 g/mol. The first-order valence-corrected chi connectivity index (χ1v) is 8.16. The second-order valence-electron chi connectivity index (χ2n) is 6.22. The van der Waals surface area contributed by atoms with E-state index in [0.717, 1.165) is 55.9 Å². The van der Waals surface area contributed by atoms with Crippen molar-refractivity contribution in [1.29, 1.82) is 0 Å². The van der Waals surface area contributed by atoms with Gasteiger partial charge in [-0.2, -0.15) is 0 Å². The van der Waals surface area contributed by atoms with Gasteiger partial charge in [-0.3, -0.25) is 9.69 Å². The van der Waals surface area contributed by atoms with Gasteiger partial charge in [-0.05, 0) is 31.7 Å². The molecule has 1 unspecified atom stereocenters. The molecule has 2 aromatic rings. The van der Waals surface area contributed by atoms with Gasteiger partial charge in [0.25, 0.3) is 0 Å². The average molecular weight is 314 g/mol. The maximum Gasteiger partial charge on any atom is 0.303 e. The lowest BCUT2D eigenvalue weighted by atomic mass is 9.93. The highest BCUT2D eigenvalue weighted by Gasteiger charge is 2.21. The fourth-order valence-electron chi connectivity index (χ4n) is 3.21. The molecule has 3 rings (SSSR count). The van der Waals surface area contributed by atoms with Crippen molar-refractivity contribution in [3.05, 3.63) is 42.2 Å². The molecule has 1 aromatic heterocycles. The SMILES string of the molecule is O=C(O)CCC1CCCN(Cc2cc(-c3ccccc3)no2)C1. The molecule has 1 aliphatic heterocycles. The van der Waals surface area contributed by atoms with Crippen molar-refractivity contribution >= 4 is 5.97 Å². The number of piperidine rings is 1. The predicted octanol–water partition coefficient (Wildman–Crippen LogP) is 3.42. The molecule has 1 aliphatic rings. The Morgan fingerprint density at radius 1 is 1.35 bits per heavy atom. The van der Waals surface area contributed by atoms with Crippen molar-refractivity contribution in [3.8, 4) is 11.3 Å². The summed E-state index contributed by atoms with van der Waals surface area (Å²) in [6.45, 7) is 2.71. The van der Waals surface area contributed by atoms with Crippen LogP contribution >= 0.6 is 0 Å². The molecule has 5 heteroatoms. The number of carbonyl (C=O) groups is 1. The van der Waals surface area contributed by atoms with Crippen LogP contribution in [0.3, 0.4) is 0 Å². The van der Waals surface area contributed by atoms with Crippen molar-refractivity contribution in [1.82, 2.24) is 10.1 Å². The van der Waals surface area contributed by atoms with E-state index in [-0.39, 0.29) is 6.42 Å². The Morgan fingerprint density at radius 2 is 2.17 bits per heavy atom. The lowest BCUT2D eigenvalue weighted by molar-refractivity contribution is -0.137. The molecular formula is C18H22N2O3. The second-order valence-corrected chi connectivity index (χ2v) is 6.22. The molecule has 0 saturated carbocycles. The van der Waals surface area contributed by atoms with Crippen LogP contribution < -0.4 is 0 Å². The van der Waals surface area contributed by atoms with Gasteiger partial charge >= 0.3 is 5.97 Å². The highest BCUT2D eigenvalue weighted by molar-refractivity contribution is 5.66. The smallest absolute Gasteiger partial charge is 0.303 e. The monoisotopic (exact) mass is 314 g/mol. The molecule has 23 heavy (non-hydrogen) atoms. The number of benzene rings is 1.